The first-order valence-corrected chi connectivity index (χ1v) is 10.2. The van der Waals surface area contributed by atoms with Gasteiger partial charge >= 0.3 is 6.03 Å². The molecule has 0 aromatic carbocycles. The van der Waals surface area contributed by atoms with Gasteiger partial charge in [0.1, 0.15) is 11.5 Å². The Bertz CT molecular complexity index is 1100. The van der Waals surface area contributed by atoms with Crippen LogP contribution in [-0.2, 0) is 6.54 Å². The molecule has 164 valence electrons. The van der Waals surface area contributed by atoms with E-state index < -0.39 is 0 Å². The number of aromatic nitrogens is 3. The number of nitrogens with zero attached hydrogens (tertiary/aromatic N) is 6. The lowest BCUT2D eigenvalue weighted by Crippen LogP contribution is -2.52. The Labute approximate surface area is 180 Å². The fourth-order valence-corrected chi connectivity index (χ4v) is 3.73. The van der Waals surface area contributed by atoms with Gasteiger partial charge in [0, 0.05) is 39.9 Å². The van der Waals surface area contributed by atoms with Crippen molar-refractivity contribution in [2.24, 2.45) is 0 Å². The van der Waals surface area contributed by atoms with E-state index >= 15 is 0 Å². The van der Waals surface area contributed by atoms with Crippen LogP contribution in [0, 0.1) is 6.92 Å². The molecular weight excluding hydrogens is 398 g/mol. The van der Waals surface area contributed by atoms with Gasteiger partial charge in [-0.05, 0) is 38.2 Å². The fourth-order valence-electron chi connectivity index (χ4n) is 3.73. The minimum atomic E-state index is -0.211. The van der Waals surface area contributed by atoms with E-state index in [-0.39, 0.29) is 18.0 Å². The van der Waals surface area contributed by atoms with Crippen molar-refractivity contribution in [1.82, 2.24) is 34.6 Å². The molecule has 3 aromatic rings. The summed E-state index contributed by atoms with van der Waals surface area (Å²) in [7, 11) is 5.50. The summed E-state index contributed by atoms with van der Waals surface area (Å²) in [4.78, 5) is 30.7. The van der Waals surface area contributed by atoms with E-state index in [0.29, 0.717) is 42.4 Å². The van der Waals surface area contributed by atoms with E-state index in [0.717, 1.165) is 12.3 Å². The summed E-state index contributed by atoms with van der Waals surface area (Å²) in [5, 5.41) is 11.5. The van der Waals surface area contributed by atoms with Crippen molar-refractivity contribution in [2.75, 3.05) is 40.8 Å². The first-order chi connectivity index (χ1) is 14.8. The summed E-state index contributed by atoms with van der Waals surface area (Å²) in [6.07, 6.45) is 1.74. The second-order valence-electron chi connectivity index (χ2n) is 8.02. The highest BCUT2D eigenvalue weighted by atomic mass is 16.3. The number of hydrogen-bond donors (Lipinski definition) is 1. The van der Waals surface area contributed by atoms with Crippen LogP contribution in [0.2, 0.25) is 0 Å². The van der Waals surface area contributed by atoms with Crippen LogP contribution in [0.15, 0.2) is 34.9 Å². The lowest BCUT2D eigenvalue weighted by molar-refractivity contribution is 0.0932. The molecule has 4 rings (SSSR count). The van der Waals surface area contributed by atoms with E-state index in [1.165, 1.54) is 0 Å². The first kappa shape index (κ1) is 20.9. The van der Waals surface area contributed by atoms with Crippen molar-refractivity contribution in [3.05, 3.63) is 53.4 Å². The Balaban J connectivity index is 1.56. The number of rotatable bonds is 4. The summed E-state index contributed by atoms with van der Waals surface area (Å²) < 4.78 is 7.33. The SMILES string of the molecule is Cc1ccc(CNC(=O)c2ccc3nnc(C4CN(C(=O)N(C)C)CCN4C)n3c2)o1. The summed E-state index contributed by atoms with van der Waals surface area (Å²) >= 11 is 0. The third-order valence-corrected chi connectivity index (χ3v) is 5.51. The third-order valence-electron chi connectivity index (χ3n) is 5.51. The topological polar surface area (TPSA) is 99.2 Å². The molecule has 0 spiro atoms. The lowest BCUT2D eigenvalue weighted by atomic mass is 10.1. The number of amides is 3. The second-order valence-corrected chi connectivity index (χ2v) is 8.02. The largest absolute Gasteiger partial charge is 0.465 e. The van der Waals surface area contributed by atoms with Crippen LogP contribution in [-0.4, -0.2) is 82.0 Å². The van der Waals surface area contributed by atoms with Crippen LogP contribution in [0.4, 0.5) is 4.79 Å². The van der Waals surface area contributed by atoms with E-state index in [9.17, 15) is 9.59 Å². The van der Waals surface area contributed by atoms with Gasteiger partial charge in [0.25, 0.3) is 5.91 Å². The Hall–Kier alpha value is -3.40. The molecular formula is C21H27N7O3. The fraction of sp³-hybridized carbons (Fsp3) is 0.429. The number of fused-ring (bicyclic) bond motifs is 1. The molecule has 0 saturated carbocycles. The van der Waals surface area contributed by atoms with E-state index in [4.69, 9.17) is 4.42 Å². The maximum atomic E-state index is 12.7. The number of carbonyl (C=O) groups is 2. The predicted molar refractivity (Wildman–Crippen MR) is 114 cm³/mol. The van der Waals surface area contributed by atoms with Gasteiger partial charge in [-0.3, -0.25) is 14.1 Å². The Morgan fingerprint density at radius 1 is 1.19 bits per heavy atom. The minimum Gasteiger partial charge on any atom is -0.465 e. The highest BCUT2D eigenvalue weighted by molar-refractivity contribution is 5.94. The van der Waals surface area contributed by atoms with Gasteiger partial charge < -0.3 is 19.5 Å². The van der Waals surface area contributed by atoms with Crippen molar-refractivity contribution < 1.29 is 14.0 Å². The quantitative estimate of drug-likeness (QED) is 0.681. The van der Waals surface area contributed by atoms with Gasteiger partial charge in [-0.25, -0.2) is 4.79 Å². The summed E-state index contributed by atoms with van der Waals surface area (Å²) in [6.45, 7) is 4.06. The average Bonchev–Trinajstić information content (AvgIpc) is 3.37. The summed E-state index contributed by atoms with van der Waals surface area (Å²) in [5.74, 6) is 1.99. The zero-order valence-electron chi connectivity index (χ0n) is 18.2. The van der Waals surface area contributed by atoms with Crippen LogP contribution in [0.1, 0.15) is 33.7 Å². The number of carbonyl (C=O) groups excluding carboxylic acids is 2. The molecule has 1 unspecified atom stereocenters. The van der Waals surface area contributed by atoms with Crippen molar-refractivity contribution in [3.8, 4) is 0 Å². The maximum Gasteiger partial charge on any atom is 0.319 e. The molecule has 4 heterocycles. The van der Waals surface area contributed by atoms with Crippen LogP contribution in [0.5, 0.6) is 0 Å². The van der Waals surface area contributed by atoms with E-state index in [1.807, 2.05) is 35.4 Å². The van der Waals surface area contributed by atoms with E-state index in [2.05, 4.69) is 20.4 Å². The molecule has 0 radical (unpaired) electrons. The van der Waals surface area contributed by atoms with Gasteiger partial charge in [0.05, 0.1) is 18.2 Å². The van der Waals surface area contributed by atoms with Gasteiger partial charge in [0.15, 0.2) is 11.5 Å². The standard InChI is InChI=1S/C21H27N7O3/c1-14-5-7-16(31-14)11-22-20(29)15-6-8-18-23-24-19(28(18)12-15)17-13-27(10-9-26(17)4)21(30)25(2)3/h5-8,12,17H,9-11,13H2,1-4H3,(H,22,29). The normalized spacial score (nSPS) is 17.2. The predicted octanol–water partition coefficient (Wildman–Crippen LogP) is 1.53. The molecule has 10 heteroatoms. The molecule has 31 heavy (non-hydrogen) atoms. The highest BCUT2D eigenvalue weighted by Gasteiger charge is 2.32. The number of furan rings is 1. The van der Waals surface area contributed by atoms with Gasteiger partial charge in [-0.15, -0.1) is 10.2 Å². The van der Waals surface area contributed by atoms with Crippen LogP contribution in [0.25, 0.3) is 5.65 Å². The molecule has 3 aromatic heterocycles. The van der Waals surface area contributed by atoms with Gasteiger partial charge in [-0.1, -0.05) is 0 Å². The van der Waals surface area contributed by atoms with Crippen molar-refractivity contribution in [1.29, 1.82) is 0 Å². The molecule has 0 aliphatic carbocycles. The molecule has 0 bridgehead atoms. The molecule has 1 atom stereocenters. The van der Waals surface area contributed by atoms with Crippen molar-refractivity contribution in [3.63, 3.8) is 0 Å². The summed E-state index contributed by atoms with van der Waals surface area (Å²) in [6, 6.07) is 7.05. The van der Waals surface area contributed by atoms with Crippen LogP contribution < -0.4 is 5.32 Å². The number of pyridine rings is 1. The van der Waals surface area contributed by atoms with Gasteiger partial charge in [0.2, 0.25) is 0 Å². The average molecular weight is 425 g/mol. The number of hydrogen-bond acceptors (Lipinski definition) is 6. The third kappa shape index (κ3) is 4.24. The zero-order chi connectivity index (χ0) is 22.1. The Morgan fingerprint density at radius 2 is 2.00 bits per heavy atom. The molecule has 1 N–H and O–H groups in total. The number of likely N-dealkylation sites (N-methyl/N-ethyl adjacent to an activating group) is 1. The van der Waals surface area contributed by atoms with Crippen molar-refractivity contribution >= 4 is 17.6 Å². The maximum absolute atomic E-state index is 12.7. The second kappa shape index (κ2) is 8.38. The molecule has 1 fully saturated rings. The molecule has 10 nitrogen and oxygen atoms in total. The molecule has 1 saturated heterocycles. The Morgan fingerprint density at radius 3 is 2.71 bits per heavy atom. The smallest absolute Gasteiger partial charge is 0.319 e. The number of piperazine rings is 1. The monoisotopic (exact) mass is 425 g/mol. The highest BCUT2D eigenvalue weighted by Crippen LogP contribution is 2.24. The minimum absolute atomic E-state index is 0.0276. The number of nitrogens with one attached hydrogen (secondary N) is 1. The van der Waals surface area contributed by atoms with E-state index in [1.54, 1.807) is 37.3 Å². The number of urea groups is 1. The van der Waals surface area contributed by atoms with Crippen molar-refractivity contribution in [2.45, 2.75) is 19.5 Å². The number of aryl methyl sites for hydroxylation is 1. The Kier molecular flexibility index (Phi) is 5.64. The first-order valence-electron chi connectivity index (χ1n) is 10.2. The van der Waals surface area contributed by atoms with Gasteiger partial charge in [-0.2, -0.15) is 0 Å². The van der Waals surface area contributed by atoms with Crippen LogP contribution >= 0.6 is 0 Å². The lowest BCUT2D eigenvalue weighted by Gasteiger charge is -2.39. The summed E-state index contributed by atoms with van der Waals surface area (Å²) in [5.41, 5.74) is 1.15. The van der Waals surface area contributed by atoms with Crippen LogP contribution in [0.3, 0.4) is 0 Å². The molecule has 3 amide bonds. The molecule has 1 aliphatic heterocycles. The molecule has 1 aliphatic rings. The zero-order valence-corrected chi connectivity index (χ0v) is 18.2.